The number of carbonyl (C=O) groups is 2. The molecule has 10 heteroatoms. The van der Waals surface area contributed by atoms with Crippen molar-refractivity contribution in [3.63, 3.8) is 0 Å². The zero-order valence-corrected chi connectivity index (χ0v) is 20.1. The van der Waals surface area contributed by atoms with Gasteiger partial charge in [-0.25, -0.2) is 4.79 Å². The van der Waals surface area contributed by atoms with Gasteiger partial charge in [-0.3, -0.25) is 14.3 Å². The first-order chi connectivity index (χ1) is 14.5. The van der Waals surface area contributed by atoms with Crippen molar-refractivity contribution in [2.45, 2.75) is 76.8 Å². The van der Waals surface area contributed by atoms with E-state index in [0.29, 0.717) is 32.6 Å². The first kappa shape index (κ1) is 23.2. The summed E-state index contributed by atoms with van der Waals surface area (Å²) in [6.07, 6.45) is 1.14. The second-order valence-corrected chi connectivity index (χ2v) is 12.9. The molecule has 0 aromatic carbocycles. The highest BCUT2D eigenvalue weighted by Gasteiger charge is 2.68. The number of ether oxygens (including phenoxy) is 2. The lowest BCUT2D eigenvalue weighted by molar-refractivity contribution is -0.138. The normalized spacial score (nSPS) is 37.1. The Morgan fingerprint density at radius 3 is 2.03 bits per heavy atom. The van der Waals surface area contributed by atoms with E-state index in [0.717, 1.165) is 0 Å². The molecule has 0 aromatic rings. The predicted molar refractivity (Wildman–Crippen MR) is 113 cm³/mol. The predicted octanol–water partition coefficient (Wildman–Crippen LogP) is 3.02. The number of rotatable bonds is 9. The van der Waals surface area contributed by atoms with Crippen LogP contribution in [0, 0.1) is 5.41 Å². The summed E-state index contributed by atoms with van der Waals surface area (Å²) in [7, 11) is -3.56. The van der Waals surface area contributed by atoms with Crippen LogP contribution in [0.3, 0.4) is 0 Å². The highest BCUT2D eigenvalue weighted by molar-refractivity contribution is 7.55. The topological polar surface area (TPSA) is 101 Å². The maximum Gasteiger partial charge on any atom is 0.336 e. The maximum atomic E-state index is 14.0. The number of urea groups is 1. The molecular formula is C21H35N2O7P. The van der Waals surface area contributed by atoms with Crippen LogP contribution in [-0.4, -0.2) is 84.2 Å². The molecule has 1 spiro atoms. The van der Waals surface area contributed by atoms with Gasteiger partial charge in [0.05, 0.1) is 56.9 Å². The molecular weight excluding hydrogens is 423 g/mol. The Balaban J connectivity index is 1.76. The summed E-state index contributed by atoms with van der Waals surface area (Å²) in [6, 6.07) is -0.307. The standard InChI is InChI=1S/C21H35N2O7P/c1-6-29-31(26,30-7-2)20(5)12-19(3,4)13-21(14-20)17(24)22(8-15-10-27-15)18(25)23(21)9-16-11-28-16/h15-16H,6-14H2,1-5H3. The third kappa shape index (κ3) is 4.08. The van der Waals surface area contributed by atoms with Gasteiger partial charge in [0.25, 0.3) is 5.91 Å². The van der Waals surface area contributed by atoms with E-state index < -0.39 is 18.3 Å². The number of carbonyl (C=O) groups excluding carboxylic acids is 2. The van der Waals surface area contributed by atoms with Gasteiger partial charge in [-0.1, -0.05) is 13.8 Å². The van der Waals surface area contributed by atoms with E-state index in [4.69, 9.17) is 18.5 Å². The molecule has 4 atom stereocenters. The van der Waals surface area contributed by atoms with Crippen LogP contribution >= 0.6 is 7.60 Å². The molecule has 4 rings (SSSR count). The molecule has 0 radical (unpaired) electrons. The lowest BCUT2D eigenvalue weighted by Gasteiger charge is -2.53. The molecule has 1 aliphatic carbocycles. The Labute approximate surface area is 184 Å². The largest absolute Gasteiger partial charge is 0.371 e. The van der Waals surface area contributed by atoms with Crippen LogP contribution in [0.1, 0.15) is 53.9 Å². The molecule has 3 amide bonds. The van der Waals surface area contributed by atoms with Crippen LogP contribution in [0.2, 0.25) is 0 Å². The van der Waals surface area contributed by atoms with E-state index >= 15 is 0 Å². The van der Waals surface area contributed by atoms with Crippen LogP contribution in [0.25, 0.3) is 0 Å². The van der Waals surface area contributed by atoms with Gasteiger partial charge < -0.3 is 23.4 Å². The van der Waals surface area contributed by atoms with Crippen molar-refractivity contribution in [3.8, 4) is 0 Å². The van der Waals surface area contributed by atoms with E-state index in [1.54, 1.807) is 18.7 Å². The number of hydrogen-bond acceptors (Lipinski definition) is 7. The fourth-order valence-electron chi connectivity index (χ4n) is 5.82. The van der Waals surface area contributed by atoms with E-state index in [-0.39, 0.29) is 55.7 Å². The van der Waals surface area contributed by atoms with Crippen molar-refractivity contribution in [2.75, 3.05) is 39.5 Å². The monoisotopic (exact) mass is 458 g/mol. The Hall–Kier alpha value is -0.990. The number of hydrogen-bond donors (Lipinski definition) is 0. The summed E-state index contributed by atoms with van der Waals surface area (Å²) in [5, 5.41) is -0.911. The fourth-order valence-corrected chi connectivity index (χ4v) is 8.27. The Kier molecular flexibility index (Phi) is 5.83. The molecule has 0 bridgehead atoms. The van der Waals surface area contributed by atoms with Crippen LogP contribution in [0.4, 0.5) is 4.79 Å². The van der Waals surface area contributed by atoms with Gasteiger partial charge in [-0.15, -0.1) is 0 Å². The van der Waals surface area contributed by atoms with E-state index in [2.05, 4.69) is 13.8 Å². The molecule has 1 saturated carbocycles. The van der Waals surface area contributed by atoms with Crippen molar-refractivity contribution in [1.82, 2.24) is 9.80 Å². The Morgan fingerprint density at radius 2 is 1.52 bits per heavy atom. The highest BCUT2D eigenvalue weighted by atomic mass is 31.2. The number of imide groups is 1. The van der Waals surface area contributed by atoms with E-state index in [1.807, 2.05) is 6.92 Å². The number of epoxide rings is 2. The lowest BCUT2D eigenvalue weighted by atomic mass is 9.63. The highest BCUT2D eigenvalue weighted by Crippen LogP contribution is 2.69. The minimum Gasteiger partial charge on any atom is -0.371 e. The zero-order valence-electron chi connectivity index (χ0n) is 19.2. The second kappa shape index (κ2) is 7.80. The summed E-state index contributed by atoms with van der Waals surface area (Å²) in [5.41, 5.74) is -1.46. The van der Waals surface area contributed by atoms with Crippen LogP contribution in [0.5, 0.6) is 0 Å². The maximum absolute atomic E-state index is 14.0. The SMILES string of the molecule is CCOP(=O)(OCC)C1(C)CC(C)(C)CC2(C1)C(=O)N(CC1CO1)C(=O)N2CC1CO1. The van der Waals surface area contributed by atoms with Gasteiger partial charge in [0.1, 0.15) is 5.54 Å². The molecule has 31 heavy (non-hydrogen) atoms. The average molecular weight is 458 g/mol. The fraction of sp³-hybridized carbons (Fsp3) is 0.905. The second-order valence-electron chi connectivity index (χ2n) is 10.3. The molecule has 4 fully saturated rings. The summed E-state index contributed by atoms with van der Waals surface area (Å²) in [5.74, 6) is -0.229. The summed E-state index contributed by atoms with van der Waals surface area (Å²) in [4.78, 5) is 30.3. The third-order valence-electron chi connectivity index (χ3n) is 6.76. The molecule has 3 heterocycles. The van der Waals surface area contributed by atoms with Crippen molar-refractivity contribution < 1.29 is 32.7 Å². The summed E-state index contributed by atoms with van der Waals surface area (Å²) < 4.78 is 36.2. The van der Waals surface area contributed by atoms with Gasteiger partial charge in [0.15, 0.2) is 0 Å². The molecule has 9 nitrogen and oxygen atoms in total. The van der Waals surface area contributed by atoms with Crippen LogP contribution in [0.15, 0.2) is 0 Å². The van der Waals surface area contributed by atoms with Crippen molar-refractivity contribution >= 4 is 19.5 Å². The molecule has 0 aromatic heterocycles. The lowest BCUT2D eigenvalue weighted by Crippen LogP contribution is -2.61. The van der Waals surface area contributed by atoms with Gasteiger partial charge >= 0.3 is 13.6 Å². The first-order valence-corrected chi connectivity index (χ1v) is 12.8. The molecule has 176 valence electrons. The van der Waals surface area contributed by atoms with Crippen LogP contribution in [-0.2, 0) is 27.9 Å². The average Bonchev–Trinajstić information content (AvgIpc) is 3.56. The van der Waals surface area contributed by atoms with Gasteiger partial charge in [-0.05, 0) is 45.4 Å². The third-order valence-corrected chi connectivity index (χ3v) is 9.60. The van der Waals surface area contributed by atoms with E-state index in [1.165, 1.54) is 4.90 Å². The Morgan fingerprint density at radius 1 is 0.968 bits per heavy atom. The summed E-state index contributed by atoms with van der Waals surface area (Å²) in [6.45, 7) is 11.8. The molecule has 4 aliphatic rings. The van der Waals surface area contributed by atoms with Gasteiger partial charge in [-0.2, -0.15) is 0 Å². The number of amides is 3. The molecule has 4 unspecified atom stereocenters. The van der Waals surface area contributed by atoms with Gasteiger partial charge in [0.2, 0.25) is 0 Å². The van der Waals surface area contributed by atoms with Crippen molar-refractivity contribution in [2.24, 2.45) is 5.41 Å². The quantitative estimate of drug-likeness (QED) is 0.297. The summed E-state index contributed by atoms with van der Waals surface area (Å²) >= 11 is 0. The minimum atomic E-state index is -3.56. The first-order valence-electron chi connectivity index (χ1n) is 11.3. The molecule has 3 saturated heterocycles. The van der Waals surface area contributed by atoms with Crippen molar-refractivity contribution in [1.29, 1.82) is 0 Å². The minimum absolute atomic E-state index is 0.0624. The smallest absolute Gasteiger partial charge is 0.336 e. The van der Waals surface area contributed by atoms with E-state index in [9.17, 15) is 14.2 Å². The van der Waals surface area contributed by atoms with Crippen molar-refractivity contribution in [3.05, 3.63) is 0 Å². The number of nitrogens with zero attached hydrogens (tertiary/aromatic N) is 2. The molecule has 3 aliphatic heterocycles. The Bertz CT molecular complexity index is 787. The van der Waals surface area contributed by atoms with Gasteiger partial charge in [0, 0.05) is 0 Å². The molecule has 0 N–H and O–H groups in total. The zero-order chi connectivity index (χ0) is 22.7. The van der Waals surface area contributed by atoms with Crippen LogP contribution < -0.4 is 0 Å².